The number of halogens is 5. The van der Waals surface area contributed by atoms with Crippen LogP contribution in [0.2, 0.25) is 10.0 Å². The lowest BCUT2D eigenvalue weighted by atomic mass is 10.2. The minimum absolute atomic E-state index is 0.0628. The van der Waals surface area contributed by atoms with Crippen LogP contribution in [-0.4, -0.2) is 16.3 Å². The summed E-state index contributed by atoms with van der Waals surface area (Å²) < 4.78 is 41.2. The van der Waals surface area contributed by atoms with Gasteiger partial charge < -0.3 is 10.3 Å². The fourth-order valence-corrected chi connectivity index (χ4v) is 1.90. The number of nitrogens with two attached hydrogens (primary N) is 1. The van der Waals surface area contributed by atoms with Gasteiger partial charge in [0.1, 0.15) is 0 Å². The first kappa shape index (κ1) is 14.9. The Balaban J connectivity index is 2.28. The molecule has 0 aliphatic rings. The van der Waals surface area contributed by atoms with Gasteiger partial charge in [-0.3, -0.25) is 0 Å². The third kappa shape index (κ3) is 3.34. The van der Waals surface area contributed by atoms with Crippen molar-refractivity contribution in [2.45, 2.75) is 19.0 Å². The number of nitrogens with zero attached hydrogens (tertiary/aromatic N) is 2. The molecule has 0 saturated carbocycles. The third-order valence-corrected chi connectivity index (χ3v) is 3.10. The van der Waals surface area contributed by atoms with Crippen molar-refractivity contribution < 1.29 is 17.7 Å². The van der Waals surface area contributed by atoms with Gasteiger partial charge in [-0.1, -0.05) is 28.4 Å². The van der Waals surface area contributed by atoms with Gasteiger partial charge in [-0.2, -0.15) is 18.2 Å². The van der Waals surface area contributed by atoms with Crippen molar-refractivity contribution in [1.82, 2.24) is 10.1 Å². The predicted octanol–water partition coefficient (Wildman–Crippen LogP) is 4.12. The molecule has 0 fully saturated rings. The van der Waals surface area contributed by atoms with Crippen molar-refractivity contribution in [3.05, 3.63) is 28.0 Å². The van der Waals surface area contributed by atoms with E-state index < -0.39 is 12.6 Å². The maximum Gasteiger partial charge on any atom is 0.389 e. The highest BCUT2D eigenvalue weighted by Crippen LogP contribution is 2.36. The Labute approximate surface area is 121 Å². The summed E-state index contributed by atoms with van der Waals surface area (Å²) in [5.41, 5.74) is 6.09. The molecule has 1 aromatic carbocycles. The third-order valence-electron chi connectivity index (χ3n) is 2.46. The average molecular weight is 326 g/mol. The van der Waals surface area contributed by atoms with E-state index in [0.29, 0.717) is 0 Å². The first-order valence-electron chi connectivity index (χ1n) is 5.41. The molecule has 0 aliphatic heterocycles. The summed E-state index contributed by atoms with van der Waals surface area (Å²) >= 11 is 11.8. The lowest BCUT2D eigenvalue weighted by Crippen LogP contribution is -2.09. The van der Waals surface area contributed by atoms with E-state index in [-0.39, 0.29) is 39.4 Å². The average Bonchev–Trinajstić information content (AvgIpc) is 2.80. The van der Waals surface area contributed by atoms with E-state index in [2.05, 4.69) is 10.1 Å². The highest BCUT2D eigenvalue weighted by Gasteiger charge is 2.28. The molecule has 0 saturated heterocycles. The second-order valence-electron chi connectivity index (χ2n) is 3.95. The molecule has 20 heavy (non-hydrogen) atoms. The summed E-state index contributed by atoms with van der Waals surface area (Å²) in [5, 5.41) is 3.92. The highest BCUT2D eigenvalue weighted by molar-refractivity contribution is 6.37. The molecule has 108 valence electrons. The Morgan fingerprint density at radius 1 is 1.20 bits per heavy atom. The number of alkyl halides is 3. The van der Waals surface area contributed by atoms with Crippen LogP contribution < -0.4 is 5.73 Å². The van der Waals surface area contributed by atoms with Crippen LogP contribution >= 0.6 is 23.2 Å². The molecule has 0 amide bonds. The highest BCUT2D eigenvalue weighted by atomic mass is 35.5. The number of anilines is 1. The van der Waals surface area contributed by atoms with Crippen LogP contribution in [0.25, 0.3) is 11.5 Å². The minimum atomic E-state index is -4.28. The van der Waals surface area contributed by atoms with E-state index in [9.17, 15) is 13.2 Å². The van der Waals surface area contributed by atoms with E-state index in [1.807, 2.05) is 0 Å². The standard InChI is InChI=1S/C11H8Cl2F3N3O/c12-5-1-2-6(13)9(17)8(5)10-18-7(19-20-10)3-4-11(14,15)16/h1-2H,3-4,17H2. The summed E-state index contributed by atoms with van der Waals surface area (Å²) in [6, 6.07) is 2.97. The number of rotatable bonds is 3. The second-order valence-corrected chi connectivity index (χ2v) is 4.76. The topological polar surface area (TPSA) is 64.9 Å². The van der Waals surface area contributed by atoms with Crippen LogP contribution in [0, 0.1) is 0 Å². The Morgan fingerprint density at radius 3 is 2.50 bits per heavy atom. The molecule has 0 spiro atoms. The molecule has 0 atom stereocenters. The Kier molecular flexibility index (Phi) is 4.10. The number of aromatic nitrogens is 2. The van der Waals surface area contributed by atoms with Gasteiger partial charge in [-0.25, -0.2) is 0 Å². The molecule has 0 unspecified atom stereocenters. The van der Waals surface area contributed by atoms with E-state index >= 15 is 0 Å². The quantitative estimate of drug-likeness (QED) is 0.862. The van der Waals surface area contributed by atoms with Crippen LogP contribution in [0.3, 0.4) is 0 Å². The normalized spacial score (nSPS) is 11.8. The van der Waals surface area contributed by atoms with Crippen molar-refractivity contribution >= 4 is 28.9 Å². The number of benzene rings is 1. The van der Waals surface area contributed by atoms with Gasteiger partial charge in [0.2, 0.25) is 0 Å². The molecule has 0 bridgehead atoms. The van der Waals surface area contributed by atoms with E-state index in [4.69, 9.17) is 33.5 Å². The van der Waals surface area contributed by atoms with Gasteiger partial charge in [0.25, 0.3) is 5.89 Å². The summed E-state index contributed by atoms with van der Waals surface area (Å²) in [5.74, 6) is -0.139. The van der Waals surface area contributed by atoms with Crippen molar-refractivity contribution in [1.29, 1.82) is 0 Å². The van der Waals surface area contributed by atoms with Gasteiger partial charge in [0.15, 0.2) is 5.82 Å². The van der Waals surface area contributed by atoms with Crippen LogP contribution in [0.15, 0.2) is 16.7 Å². The molecule has 2 aromatic rings. The molecular weight excluding hydrogens is 318 g/mol. The largest absolute Gasteiger partial charge is 0.397 e. The molecule has 2 rings (SSSR count). The maximum absolute atomic E-state index is 12.1. The smallest absolute Gasteiger partial charge is 0.389 e. The van der Waals surface area contributed by atoms with E-state index in [1.54, 1.807) is 0 Å². The number of aryl methyl sites for hydroxylation is 1. The number of nitrogen functional groups attached to an aromatic ring is 1. The fraction of sp³-hybridized carbons (Fsp3) is 0.273. The van der Waals surface area contributed by atoms with Gasteiger partial charge >= 0.3 is 6.18 Å². The lowest BCUT2D eigenvalue weighted by Gasteiger charge is -2.05. The van der Waals surface area contributed by atoms with Gasteiger partial charge in [-0.05, 0) is 12.1 Å². The molecule has 2 N–H and O–H groups in total. The second kappa shape index (κ2) is 5.49. The summed E-state index contributed by atoms with van der Waals surface area (Å²) in [6.07, 6.45) is -5.71. The SMILES string of the molecule is Nc1c(Cl)ccc(Cl)c1-c1nc(CCC(F)(F)F)no1. The monoisotopic (exact) mass is 325 g/mol. The summed E-state index contributed by atoms with van der Waals surface area (Å²) in [4.78, 5) is 3.85. The first-order chi connectivity index (χ1) is 9.28. The van der Waals surface area contributed by atoms with Crippen molar-refractivity contribution in [3.8, 4) is 11.5 Å². The summed E-state index contributed by atoms with van der Waals surface area (Å²) in [6.45, 7) is 0. The van der Waals surface area contributed by atoms with Crippen LogP contribution in [0.5, 0.6) is 0 Å². The molecule has 1 aromatic heterocycles. The Hall–Kier alpha value is -1.47. The number of hydrogen-bond donors (Lipinski definition) is 1. The first-order valence-corrected chi connectivity index (χ1v) is 6.16. The van der Waals surface area contributed by atoms with Gasteiger partial charge in [-0.15, -0.1) is 0 Å². The minimum Gasteiger partial charge on any atom is -0.397 e. The lowest BCUT2D eigenvalue weighted by molar-refractivity contribution is -0.134. The molecule has 1 heterocycles. The van der Waals surface area contributed by atoms with Crippen LogP contribution in [0.4, 0.5) is 18.9 Å². The zero-order valence-electron chi connectivity index (χ0n) is 9.84. The molecule has 0 radical (unpaired) electrons. The fourth-order valence-electron chi connectivity index (χ4n) is 1.50. The molecule has 9 heteroatoms. The molecule has 0 aliphatic carbocycles. The predicted molar refractivity (Wildman–Crippen MR) is 68.5 cm³/mol. The van der Waals surface area contributed by atoms with Crippen LogP contribution in [0.1, 0.15) is 12.2 Å². The zero-order valence-corrected chi connectivity index (χ0v) is 11.4. The van der Waals surface area contributed by atoms with Crippen molar-refractivity contribution in [2.75, 3.05) is 5.73 Å². The van der Waals surface area contributed by atoms with Crippen LogP contribution in [-0.2, 0) is 6.42 Å². The van der Waals surface area contributed by atoms with Crippen molar-refractivity contribution in [3.63, 3.8) is 0 Å². The maximum atomic E-state index is 12.1. The number of hydrogen-bond acceptors (Lipinski definition) is 4. The van der Waals surface area contributed by atoms with E-state index in [0.717, 1.165) is 0 Å². The van der Waals surface area contributed by atoms with Gasteiger partial charge in [0, 0.05) is 6.42 Å². The zero-order chi connectivity index (χ0) is 14.9. The van der Waals surface area contributed by atoms with Gasteiger partial charge in [0.05, 0.1) is 27.7 Å². The Bertz CT molecular complexity index is 628. The molecule has 4 nitrogen and oxygen atoms in total. The van der Waals surface area contributed by atoms with E-state index in [1.165, 1.54) is 12.1 Å². The molecular formula is C11H8Cl2F3N3O. The summed E-state index contributed by atoms with van der Waals surface area (Å²) in [7, 11) is 0. The van der Waals surface area contributed by atoms with Crippen molar-refractivity contribution in [2.24, 2.45) is 0 Å². The Morgan fingerprint density at radius 2 is 1.85 bits per heavy atom.